The molecule has 0 aliphatic carbocycles. The van der Waals surface area contributed by atoms with Crippen molar-refractivity contribution in [3.8, 4) is 0 Å². The summed E-state index contributed by atoms with van der Waals surface area (Å²) >= 11 is 0. The standard InChI is InChI=1S/C28H37N3O2/c1-5-30(19-24-12-7-6-8-13-24)16-10-15-29-18-26-22(3)31(23(4)27(26)28(32)33)20-25-14-9-11-21(2)17-25/h6-9,11-14,17,29H,5,10,15-16,18-20H2,1-4H3,(H,32,33). The first-order chi connectivity index (χ1) is 15.9. The number of rotatable bonds is 12. The summed E-state index contributed by atoms with van der Waals surface area (Å²) in [5.74, 6) is -0.851. The Bertz CT molecular complexity index is 1060. The third-order valence-electron chi connectivity index (χ3n) is 6.37. The van der Waals surface area contributed by atoms with E-state index >= 15 is 0 Å². The van der Waals surface area contributed by atoms with Crippen LogP contribution in [0, 0.1) is 20.8 Å². The lowest BCUT2D eigenvalue weighted by Gasteiger charge is -2.20. The summed E-state index contributed by atoms with van der Waals surface area (Å²) < 4.78 is 2.13. The van der Waals surface area contributed by atoms with E-state index in [1.54, 1.807) is 0 Å². The summed E-state index contributed by atoms with van der Waals surface area (Å²) in [5, 5.41) is 13.4. The summed E-state index contributed by atoms with van der Waals surface area (Å²) in [6.07, 6.45) is 1.02. The average molecular weight is 448 g/mol. The molecule has 0 saturated carbocycles. The number of carbonyl (C=O) groups is 1. The molecule has 1 aromatic heterocycles. The maximum absolute atomic E-state index is 12.1. The molecule has 176 valence electrons. The van der Waals surface area contributed by atoms with E-state index in [1.807, 2.05) is 19.9 Å². The van der Waals surface area contributed by atoms with Crippen molar-refractivity contribution in [1.29, 1.82) is 0 Å². The first-order valence-corrected chi connectivity index (χ1v) is 11.8. The Hall–Kier alpha value is -2.89. The predicted octanol–water partition coefficient (Wildman–Crippen LogP) is 5.16. The van der Waals surface area contributed by atoms with Gasteiger partial charge in [-0.25, -0.2) is 4.79 Å². The molecule has 3 rings (SSSR count). The Balaban J connectivity index is 1.60. The van der Waals surface area contributed by atoms with Crippen LogP contribution in [-0.2, 0) is 19.6 Å². The van der Waals surface area contributed by atoms with Crippen LogP contribution in [0.25, 0.3) is 0 Å². The molecule has 0 radical (unpaired) electrons. The molecule has 0 amide bonds. The van der Waals surface area contributed by atoms with Crippen LogP contribution < -0.4 is 5.32 Å². The van der Waals surface area contributed by atoms with Crippen molar-refractivity contribution < 1.29 is 9.90 Å². The van der Waals surface area contributed by atoms with Crippen molar-refractivity contribution in [2.24, 2.45) is 0 Å². The number of nitrogens with zero attached hydrogens (tertiary/aromatic N) is 2. The molecule has 0 aliphatic heterocycles. The number of nitrogens with one attached hydrogen (secondary N) is 1. The summed E-state index contributed by atoms with van der Waals surface area (Å²) in [6.45, 7) is 13.3. The third-order valence-corrected chi connectivity index (χ3v) is 6.37. The van der Waals surface area contributed by atoms with E-state index in [9.17, 15) is 9.90 Å². The lowest BCUT2D eigenvalue weighted by Crippen LogP contribution is -2.27. The lowest BCUT2D eigenvalue weighted by atomic mass is 10.1. The molecule has 0 bridgehead atoms. The quantitative estimate of drug-likeness (QED) is 0.377. The van der Waals surface area contributed by atoms with Gasteiger partial charge in [-0.05, 0) is 58.0 Å². The van der Waals surface area contributed by atoms with Crippen molar-refractivity contribution in [2.45, 2.75) is 53.8 Å². The SMILES string of the molecule is CCN(CCCNCc1c(C(=O)O)c(C)n(Cc2cccc(C)c2)c1C)Cc1ccccc1. The fourth-order valence-electron chi connectivity index (χ4n) is 4.51. The lowest BCUT2D eigenvalue weighted by molar-refractivity contribution is 0.0694. The van der Waals surface area contributed by atoms with Crippen LogP contribution in [0.3, 0.4) is 0 Å². The molecule has 33 heavy (non-hydrogen) atoms. The first-order valence-electron chi connectivity index (χ1n) is 11.8. The Labute approximate surface area is 198 Å². The summed E-state index contributed by atoms with van der Waals surface area (Å²) in [7, 11) is 0. The van der Waals surface area contributed by atoms with Gasteiger partial charge in [0.15, 0.2) is 0 Å². The van der Waals surface area contributed by atoms with E-state index in [0.29, 0.717) is 18.7 Å². The van der Waals surface area contributed by atoms with E-state index in [4.69, 9.17) is 0 Å². The highest BCUT2D eigenvalue weighted by molar-refractivity contribution is 5.91. The van der Waals surface area contributed by atoms with Gasteiger partial charge in [-0.3, -0.25) is 4.90 Å². The summed E-state index contributed by atoms with van der Waals surface area (Å²) in [6, 6.07) is 18.9. The second kappa shape index (κ2) is 11.8. The monoisotopic (exact) mass is 447 g/mol. The zero-order valence-electron chi connectivity index (χ0n) is 20.4. The third kappa shape index (κ3) is 6.56. The predicted molar refractivity (Wildman–Crippen MR) is 135 cm³/mol. The van der Waals surface area contributed by atoms with Crippen molar-refractivity contribution >= 4 is 5.97 Å². The topological polar surface area (TPSA) is 57.5 Å². The number of hydrogen-bond donors (Lipinski definition) is 2. The number of carboxylic acids is 1. The van der Waals surface area contributed by atoms with Gasteiger partial charge in [0, 0.05) is 36.6 Å². The number of benzene rings is 2. The molecule has 0 saturated heterocycles. The van der Waals surface area contributed by atoms with E-state index in [-0.39, 0.29) is 0 Å². The van der Waals surface area contributed by atoms with Crippen LogP contribution in [0.15, 0.2) is 54.6 Å². The normalized spacial score (nSPS) is 11.3. The Morgan fingerprint density at radius 3 is 2.39 bits per heavy atom. The molecule has 5 heteroatoms. The van der Waals surface area contributed by atoms with Gasteiger partial charge < -0.3 is 15.0 Å². The molecule has 2 aromatic carbocycles. The molecule has 0 atom stereocenters. The minimum absolute atomic E-state index is 0.437. The molecule has 3 aromatic rings. The van der Waals surface area contributed by atoms with Gasteiger partial charge in [-0.1, -0.05) is 67.1 Å². The van der Waals surface area contributed by atoms with Gasteiger partial charge in [0.25, 0.3) is 0 Å². The number of hydrogen-bond acceptors (Lipinski definition) is 3. The highest BCUT2D eigenvalue weighted by Gasteiger charge is 2.22. The highest BCUT2D eigenvalue weighted by atomic mass is 16.4. The Morgan fingerprint density at radius 2 is 1.73 bits per heavy atom. The van der Waals surface area contributed by atoms with Crippen LogP contribution >= 0.6 is 0 Å². The Morgan fingerprint density at radius 1 is 1.00 bits per heavy atom. The largest absolute Gasteiger partial charge is 0.478 e. The van der Waals surface area contributed by atoms with Crippen molar-refractivity contribution in [1.82, 2.24) is 14.8 Å². The molecule has 5 nitrogen and oxygen atoms in total. The van der Waals surface area contributed by atoms with Crippen molar-refractivity contribution in [3.05, 3.63) is 93.8 Å². The fraction of sp³-hybridized carbons (Fsp3) is 0.393. The maximum Gasteiger partial charge on any atom is 0.337 e. The maximum atomic E-state index is 12.1. The fourth-order valence-corrected chi connectivity index (χ4v) is 4.51. The molecular weight excluding hydrogens is 410 g/mol. The van der Waals surface area contributed by atoms with Gasteiger partial charge in [0.1, 0.15) is 0 Å². The highest BCUT2D eigenvalue weighted by Crippen LogP contribution is 2.24. The number of aryl methyl sites for hydroxylation is 1. The summed E-state index contributed by atoms with van der Waals surface area (Å²) in [4.78, 5) is 14.5. The smallest absolute Gasteiger partial charge is 0.337 e. The van der Waals surface area contributed by atoms with E-state index in [2.05, 4.69) is 77.2 Å². The molecule has 0 spiro atoms. The van der Waals surface area contributed by atoms with E-state index in [1.165, 1.54) is 16.7 Å². The molecular formula is C28H37N3O2. The molecule has 1 heterocycles. The van der Waals surface area contributed by atoms with Gasteiger partial charge in [-0.15, -0.1) is 0 Å². The van der Waals surface area contributed by atoms with Gasteiger partial charge in [0.05, 0.1) is 5.56 Å². The van der Waals surface area contributed by atoms with Gasteiger partial charge in [0.2, 0.25) is 0 Å². The van der Waals surface area contributed by atoms with Crippen LogP contribution in [0.1, 0.15) is 57.3 Å². The van der Waals surface area contributed by atoms with Crippen LogP contribution in [0.5, 0.6) is 0 Å². The first kappa shape index (κ1) is 24.7. The minimum Gasteiger partial charge on any atom is -0.478 e. The minimum atomic E-state index is -0.851. The second-order valence-corrected chi connectivity index (χ2v) is 8.79. The molecule has 0 fully saturated rings. The molecule has 2 N–H and O–H groups in total. The van der Waals surface area contributed by atoms with Crippen LogP contribution in [-0.4, -0.2) is 40.2 Å². The van der Waals surface area contributed by atoms with Gasteiger partial charge >= 0.3 is 5.97 Å². The van der Waals surface area contributed by atoms with E-state index in [0.717, 1.165) is 49.6 Å². The second-order valence-electron chi connectivity index (χ2n) is 8.79. The number of aromatic nitrogens is 1. The van der Waals surface area contributed by atoms with Crippen LogP contribution in [0.4, 0.5) is 0 Å². The molecule has 0 aliphatic rings. The zero-order chi connectivity index (χ0) is 23.8. The average Bonchev–Trinajstić information content (AvgIpc) is 3.03. The van der Waals surface area contributed by atoms with Crippen LogP contribution in [0.2, 0.25) is 0 Å². The zero-order valence-corrected chi connectivity index (χ0v) is 20.4. The number of carboxylic acid groups (broad SMARTS) is 1. The van der Waals surface area contributed by atoms with E-state index < -0.39 is 5.97 Å². The van der Waals surface area contributed by atoms with Crippen molar-refractivity contribution in [2.75, 3.05) is 19.6 Å². The van der Waals surface area contributed by atoms with Gasteiger partial charge in [-0.2, -0.15) is 0 Å². The molecule has 0 unspecified atom stereocenters. The number of aromatic carboxylic acids is 1. The van der Waals surface area contributed by atoms with Crippen molar-refractivity contribution in [3.63, 3.8) is 0 Å². The Kier molecular flexibility index (Phi) is 8.87. The summed E-state index contributed by atoms with van der Waals surface area (Å²) in [5.41, 5.74) is 6.90.